The normalized spacial score (nSPS) is 12.4. The largest absolute Gasteiger partial charge is 0.344 e. The van der Waals surface area contributed by atoms with Gasteiger partial charge in [0.15, 0.2) is 11.4 Å². The number of carbonyl (C=O) groups excluding carboxylic acids is 1. The molecule has 0 atom stereocenters. The number of aromatic nitrogens is 3. The first-order valence-corrected chi connectivity index (χ1v) is 11.2. The maximum atomic E-state index is 12.7. The highest BCUT2D eigenvalue weighted by atomic mass is 32.2. The molecule has 0 radical (unpaired) electrons. The minimum absolute atomic E-state index is 0.00529. The number of rotatable bonds is 7. The van der Waals surface area contributed by atoms with Gasteiger partial charge in [-0.3, -0.25) is 4.79 Å². The van der Waals surface area contributed by atoms with Crippen LogP contribution < -0.4 is 4.72 Å². The quantitative estimate of drug-likeness (QED) is 0.574. The van der Waals surface area contributed by atoms with E-state index in [1.165, 1.54) is 0 Å². The van der Waals surface area contributed by atoms with Crippen LogP contribution in [0.25, 0.3) is 22.4 Å². The van der Waals surface area contributed by atoms with Crippen molar-refractivity contribution in [2.75, 3.05) is 5.75 Å². The summed E-state index contributed by atoms with van der Waals surface area (Å²) in [5.74, 6) is 0.0988. The van der Waals surface area contributed by atoms with E-state index >= 15 is 0 Å². The Kier molecular flexibility index (Phi) is 5.86. The van der Waals surface area contributed by atoms with Crippen LogP contribution in [0.3, 0.4) is 0 Å². The number of H-pyrrole nitrogens is 1. The number of carbonyl (C=O) groups is 1. The molecule has 0 amide bonds. The molecule has 154 valence electrons. The minimum Gasteiger partial charge on any atom is -0.344 e. The lowest BCUT2D eigenvalue weighted by molar-refractivity contribution is 0.0860. The Balaban J connectivity index is 1.92. The van der Waals surface area contributed by atoms with Crippen LogP contribution in [0.2, 0.25) is 0 Å². The molecule has 0 bridgehead atoms. The average Bonchev–Trinajstić information content (AvgIpc) is 3.08. The second kappa shape index (κ2) is 8.04. The molecular weight excluding hydrogens is 388 g/mol. The zero-order valence-corrected chi connectivity index (χ0v) is 17.9. The van der Waals surface area contributed by atoms with Crippen LogP contribution in [0.4, 0.5) is 0 Å². The smallest absolute Gasteiger partial charge is 0.211 e. The number of ketones is 1. The molecule has 0 spiro atoms. The number of fused-ring (bicyclic) bond motifs is 1. The van der Waals surface area contributed by atoms with Crippen molar-refractivity contribution in [2.45, 2.75) is 40.7 Å². The van der Waals surface area contributed by atoms with Gasteiger partial charge in [-0.25, -0.2) is 23.1 Å². The molecule has 0 aliphatic heterocycles. The van der Waals surface area contributed by atoms with Crippen molar-refractivity contribution in [3.63, 3.8) is 0 Å². The third-order valence-electron chi connectivity index (χ3n) is 4.50. The van der Waals surface area contributed by atoms with Gasteiger partial charge in [0.2, 0.25) is 10.0 Å². The van der Waals surface area contributed by atoms with Crippen molar-refractivity contribution in [2.24, 2.45) is 5.41 Å². The highest BCUT2D eigenvalue weighted by molar-refractivity contribution is 7.89. The molecule has 0 aliphatic carbocycles. The van der Waals surface area contributed by atoms with E-state index in [1.807, 2.05) is 52.0 Å². The molecule has 2 aromatic heterocycles. The number of nitrogens with zero attached hydrogens (tertiary/aromatic N) is 2. The lowest BCUT2D eigenvalue weighted by Crippen LogP contribution is -2.25. The van der Waals surface area contributed by atoms with E-state index in [9.17, 15) is 13.2 Å². The van der Waals surface area contributed by atoms with E-state index in [-0.39, 0.29) is 18.1 Å². The number of benzene rings is 1. The zero-order valence-electron chi connectivity index (χ0n) is 17.1. The van der Waals surface area contributed by atoms with Crippen molar-refractivity contribution in [3.8, 4) is 11.3 Å². The number of aromatic amines is 1. The standard InChI is InChI=1S/C21H26N4O3S/c1-5-9-29(27,28)24-11-14-7-6-8-15(10-14)17-13-23-20-18(25-17)16(12-22-20)19(26)21(2,3)4/h6-8,10,12-13,24H,5,9,11H2,1-4H3,(H,22,23). The number of sulfonamides is 1. The van der Waals surface area contributed by atoms with Gasteiger partial charge in [0.25, 0.3) is 0 Å². The number of hydrogen-bond acceptors (Lipinski definition) is 5. The lowest BCUT2D eigenvalue weighted by Gasteiger charge is -2.15. The first-order valence-electron chi connectivity index (χ1n) is 9.56. The third-order valence-corrected chi connectivity index (χ3v) is 6.03. The summed E-state index contributed by atoms with van der Waals surface area (Å²) in [6.07, 6.45) is 3.86. The summed E-state index contributed by atoms with van der Waals surface area (Å²) < 4.78 is 26.4. The van der Waals surface area contributed by atoms with Gasteiger partial charge in [0.1, 0.15) is 5.52 Å². The van der Waals surface area contributed by atoms with Crippen LogP contribution in [-0.2, 0) is 16.6 Å². The highest BCUT2D eigenvalue weighted by Gasteiger charge is 2.26. The monoisotopic (exact) mass is 414 g/mol. The van der Waals surface area contributed by atoms with Crippen molar-refractivity contribution in [1.29, 1.82) is 0 Å². The second-order valence-electron chi connectivity index (χ2n) is 8.07. The summed E-state index contributed by atoms with van der Waals surface area (Å²) in [6.45, 7) is 7.65. The summed E-state index contributed by atoms with van der Waals surface area (Å²) in [7, 11) is -3.28. The molecule has 0 fully saturated rings. The van der Waals surface area contributed by atoms with Crippen LogP contribution in [0.5, 0.6) is 0 Å². The van der Waals surface area contributed by atoms with Gasteiger partial charge in [-0.05, 0) is 18.1 Å². The predicted molar refractivity (Wildman–Crippen MR) is 114 cm³/mol. The zero-order chi connectivity index (χ0) is 21.2. The summed E-state index contributed by atoms with van der Waals surface area (Å²) >= 11 is 0. The van der Waals surface area contributed by atoms with Crippen LogP contribution in [0, 0.1) is 5.41 Å². The van der Waals surface area contributed by atoms with Crippen molar-refractivity contribution in [3.05, 3.63) is 47.8 Å². The molecule has 2 heterocycles. The molecule has 0 saturated heterocycles. The first-order chi connectivity index (χ1) is 13.6. The van der Waals surface area contributed by atoms with Crippen LogP contribution >= 0.6 is 0 Å². The Hall–Kier alpha value is -2.58. The van der Waals surface area contributed by atoms with E-state index in [0.717, 1.165) is 11.1 Å². The fourth-order valence-electron chi connectivity index (χ4n) is 2.98. The van der Waals surface area contributed by atoms with E-state index in [1.54, 1.807) is 12.4 Å². The molecule has 0 saturated carbocycles. The molecule has 0 aliphatic rings. The van der Waals surface area contributed by atoms with Crippen LogP contribution in [0.15, 0.2) is 36.7 Å². The highest BCUT2D eigenvalue weighted by Crippen LogP contribution is 2.27. The van der Waals surface area contributed by atoms with Gasteiger partial charge in [0, 0.05) is 23.7 Å². The third kappa shape index (κ3) is 4.89. The fourth-order valence-corrected chi connectivity index (χ4v) is 4.05. The molecule has 7 nitrogen and oxygen atoms in total. The van der Waals surface area contributed by atoms with E-state index in [4.69, 9.17) is 0 Å². The number of hydrogen-bond donors (Lipinski definition) is 2. The summed E-state index contributed by atoms with van der Waals surface area (Å²) in [6, 6.07) is 7.47. The summed E-state index contributed by atoms with van der Waals surface area (Å²) in [5, 5.41) is 0. The van der Waals surface area contributed by atoms with Gasteiger partial charge >= 0.3 is 0 Å². The maximum absolute atomic E-state index is 12.7. The molecule has 3 aromatic rings. The molecule has 8 heteroatoms. The number of nitrogens with one attached hydrogen (secondary N) is 2. The molecule has 0 unspecified atom stereocenters. The van der Waals surface area contributed by atoms with Crippen molar-refractivity contribution < 1.29 is 13.2 Å². The fraction of sp³-hybridized carbons (Fsp3) is 0.381. The Labute approximate surface area is 171 Å². The Morgan fingerprint density at radius 3 is 2.69 bits per heavy atom. The summed E-state index contributed by atoms with van der Waals surface area (Å²) in [5.41, 5.74) is 3.35. The van der Waals surface area contributed by atoms with Gasteiger partial charge in [0.05, 0.1) is 23.2 Å². The summed E-state index contributed by atoms with van der Waals surface area (Å²) in [4.78, 5) is 24.8. The Morgan fingerprint density at radius 2 is 2.00 bits per heavy atom. The first kappa shape index (κ1) is 21.1. The van der Waals surface area contributed by atoms with Crippen molar-refractivity contribution in [1.82, 2.24) is 19.7 Å². The van der Waals surface area contributed by atoms with Gasteiger partial charge in [-0.2, -0.15) is 0 Å². The maximum Gasteiger partial charge on any atom is 0.211 e. The van der Waals surface area contributed by atoms with Gasteiger partial charge in [-0.1, -0.05) is 45.9 Å². The predicted octanol–water partition coefficient (Wildman–Crippen LogP) is 3.68. The SMILES string of the molecule is CCCS(=O)(=O)NCc1cccc(-c2cnc3[nH]cc(C(=O)C(C)(C)C)c3n2)c1. The number of Topliss-reactive ketones (excluding diaryl/α,β-unsaturated/α-hetero) is 1. The minimum atomic E-state index is -3.28. The van der Waals surface area contributed by atoms with Crippen LogP contribution in [0.1, 0.15) is 50.0 Å². The second-order valence-corrected chi connectivity index (χ2v) is 10.0. The van der Waals surface area contributed by atoms with Gasteiger partial charge in [-0.15, -0.1) is 0 Å². The topological polar surface area (TPSA) is 105 Å². The van der Waals surface area contributed by atoms with E-state index < -0.39 is 15.4 Å². The Bertz CT molecular complexity index is 1140. The molecule has 1 aromatic carbocycles. The Morgan fingerprint density at radius 1 is 1.24 bits per heavy atom. The molecule has 29 heavy (non-hydrogen) atoms. The van der Waals surface area contributed by atoms with Crippen molar-refractivity contribution >= 4 is 27.0 Å². The van der Waals surface area contributed by atoms with Crippen LogP contribution in [-0.4, -0.2) is 34.9 Å². The lowest BCUT2D eigenvalue weighted by atomic mass is 9.87. The molecule has 3 rings (SSSR count). The molecule has 2 N–H and O–H groups in total. The van der Waals surface area contributed by atoms with Gasteiger partial charge < -0.3 is 4.98 Å². The van der Waals surface area contributed by atoms with E-state index in [0.29, 0.717) is 28.8 Å². The van der Waals surface area contributed by atoms with E-state index in [2.05, 4.69) is 19.7 Å². The average molecular weight is 415 g/mol. The molecular formula is C21H26N4O3S.